The Balaban J connectivity index is 1.58. The summed E-state index contributed by atoms with van der Waals surface area (Å²) in [6.07, 6.45) is 8.48. The Morgan fingerprint density at radius 3 is 2.38 bits per heavy atom. The smallest absolute Gasteiger partial charge is 0.303 e. The van der Waals surface area contributed by atoms with Gasteiger partial charge in [-0.05, 0) is 54.2 Å². The van der Waals surface area contributed by atoms with Crippen LogP contribution in [-0.4, -0.2) is 41.6 Å². The number of furan rings is 1. The molecule has 0 radical (unpaired) electrons. The Bertz CT molecular complexity index is 1200. The van der Waals surface area contributed by atoms with E-state index in [1.165, 1.54) is 19.4 Å². The number of esters is 2. The van der Waals surface area contributed by atoms with Crippen LogP contribution in [0.2, 0.25) is 0 Å². The van der Waals surface area contributed by atoms with Crippen molar-refractivity contribution in [3.63, 3.8) is 0 Å². The first kappa shape index (κ1) is 24.9. The summed E-state index contributed by atoms with van der Waals surface area (Å²) in [7, 11) is 0. The predicted octanol–water partition coefficient (Wildman–Crippen LogP) is 4.99. The van der Waals surface area contributed by atoms with Crippen LogP contribution in [0.4, 0.5) is 0 Å². The number of fused-ring (bicyclic) bond motifs is 3. The summed E-state index contributed by atoms with van der Waals surface area (Å²) in [4.78, 5) is 38.5. The zero-order chi connectivity index (χ0) is 26.8. The third-order valence-corrected chi connectivity index (χ3v) is 11.5. The molecule has 1 spiro atoms. The van der Waals surface area contributed by atoms with Crippen LogP contribution in [0.25, 0.3) is 0 Å². The zero-order valence-electron chi connectivity index (χ0n) is 22.8. The van der Waals surface area contributed by atoms with Crippen molar-refractivity contribution in [2.24, 2.45) is 33.5 Å². The molecular weight excluding hydrogens is 472 g/mol. The summed E-state index contributed by atoms with van der Waals surface area (Å²) in [5.41, 5.74) is -1.54. The molecule has 37 heavy (non-hydrogen) atoms. The van der Waals surface area contributed by atoms with Crippen LogP contribution in [0, 0.1) is 33.5 Å². The molecule has 4 fully saturated rings. The zero-order valence-corrected chi connectivity index (χ0v) is 22.8. The molecule has 7 nitrogen and oxygen atoms in total. The summed E-state index contributed by atoms with van der Waals surface area (Å²) in [6, 6.07) is 2.05. The highest BCUT2D eigenvalue weighted by Crippen LogP contribution is 2.82. The summed E-state index contributed by atoms with van der Waals surface area (Å²) in [6.45, 7) is 13.3. The van der Waals surface area contributed by atoms with Crippen molar-refractivity contribution < 1.29 is 33.0 Å². The Morgan fingerprint density at radius 1 is 1.05 bits per heavy atom. The average molecular weight is 511 g/mol. The molecule has 4 aliphatic carbocycles. The molecule has 1 aliphatic heterocycles. The maximum atomic E-state index is 13.2. The molecule has 0 bridgehead atoms. The van der Waals surface area contributed by atoms with E-state index in [-0.39, 0.29) is 35.1 Å². The van der Waals surface area contributed by atoms with Crippen LogP contribution in [0.3, 0.4) is 0 Å². The quantitative estimate of drug-likeness (QED) is 0.417. The summed E-state index contributed by atoms with van der Waals surface area (Å²) in [5.74, 6) is -0.933. The Morgan fingerprint density at radius 2 is 1.76 bits per heavy atom. The lowest BCUT2D eigenvalue weighted by Crippen LogP contribution is -2.75. The van der Waals surface area contributed by atoms with Crippen molar-refractivity contribution in [1.82, 2.24) is 0 Å². The first-order chi connectivity index (χ1) is 17.2. The van der Waals surface area contributed by atoms with Gasteiger partial charge in [-0.3, -0.25) is 14.4 Å². The highest BCUT2D eigenvalue weighted by atomic mass is 16.6. The molecule has 10 unspecified atom stereocenters. The van der Waals surface area contributed by atoms with Crippen molar-refractivity contribution in [2.75, 3.05) is 0 Å². The minimum atomic E-state index is -0.805. The van der Waals surface area contributed by atoms with E-state index >= 15 is 0 Å². The van der Waals surface area contributed by atoms with Gasteiger partial charge in [0.25, 0.3) is 0 Å². The number of carbonyl (C=O) groups excluding carboxylic acids is 3. The van der Waals surface area contributed by atoms with Crippen molar-refractivity contribution in [2.45, 2.75) is 97.6 Å². The fourth-order valence-electron chi connectivity index (χ4n) is 10.2. The van der Waals surface area contributed by atoms with Crippen LogP contribution >= 0.6 is 0 Å². The molecule has 5 aliphatic rings. The van der Waals surface area contributed by atoms with Gasteiger partial charge in [-0.15, -0.1) is 0 Å². The molecule has 6 rings (SSSR count). The number of allylic oxidation sites excluding steroid dienone is 2. The number of rotatable bonds is 3. The van der Waals surface area contributed by atoms with E-state index in [4.69, 9.17) is 18.6 Å². The highest BCUT2D eigenvalue weighted by Gasteiger charge is 2.88. The van der Waals surface area contributed by atoms with Gasteiger partial charge in [0.15, 0.2) is 5.78 Å². The molecule has 1 saturated heterocycles. The van der Waals surface area contributed by atoms with E-state index in [1.807, 2.05) is 32.3 Å². The number of hydrogen-bond donors (Lipinski definition) is 0. The van der Waals surface area contributed by atoms with Crippen molar-refractivity contribution in [1.29, 1.82) is 0 Å². The minimum Gasteiger partial charge on any atom is -0.472 e. The standard InChI is InChI=1S/C30H38O7/c1-16(31)35-23-24-26(3,4)21(33)9-11-27(24,5)20-8-12-28(6)19(18-10-13-34-15-18)14-22-30(28,37-22)29(20,7)25(23)36-17(2)32/h9-11,13,15,19-20,22-25H,8,12,14H2,1-7H3. The summed E-state index contributed by atoms with van der Waals surface area (Å²) in [5, 5.41) is 0. The molecule has 3 saturated carbocycles. The molecule has 10 atom stereocenters. The normalized spacial score (nSPS) is 48.8. The lowest BCUT2D eigenvalue weighted by atomic mass is 9.36. The number of carbonyl (C=O) groups is 3. The van der Waals surface area contributed by atoms with Crippen LogP contribution in [0.5, 0.6) is 0 Å². The second-order valence-corrected chi connectivity index (χ2v) is 13.3. The third-order valence-electron chi connectivity index (χ3n) is 11.5. The Kier molecular flexibility index (Phi) is 4.96. The Labute approximate surface area is 218 Å². The van der Waals surface area contributed by atoms with E-state index in [0.29, 0.717) is 0 Å². The van der Waals surface area contributed by atoms with Crippen LogP contribution < -0.4 is 0 Å². The molecule has 200 valence electrons. The SMILES string of the molecule is CC(=O)OC1C2C(C)(C)C(=O)C=CC2(C)C2CCC3(C)C(c4ccoc4)CC4OC43C2(C)C1OC(C)=O. The maximum absolute atomic E-state index is 13.2. The topological polar surface area (TPSA) is 95.3 Å². The monoisotopic (exact) mass is 510 g/mol. The lowest BCUT2D eigenvalue weighted by Gasteiger charge is -2.69. The molecular formula is C30H38O7. The Hall–Kier alpha value is -2.41. The average Bonchev–Trinajstić information content (AvgIpc) is 3.16. The molecule has 0 amide bonds. The molecule has 7 heteroatoms. The number of ketones is 1. The first-order valence-electron chi connectivity index (χ1n) is 13.5. The number of hydrogen-bond acceptors (Lipinski definition) is 7. The van der Waals surface area contributed by atoms with Gasteiger partial charge in [-0.1, -0.05) is 40.7 Å². The van der Waals surface area contributed by atoms with Crippen molar-refractivity contribution in [3.8, 4) is 0 Å². The van der Waals surface area contributed by atoms with E-state index in [0.717, 1.165) is 19.3 Å². The van der Waals surface area contributed by atoms with Crippen molar-refractivity contribution >= 4 is 17.7 Å². The van der Waals surface area contributed by atoms with E-state index in [9.17, 15) is 14.4 Å². The van der Waals surface area contributed by atoms with Gasteiger partial charge >= 0.3 is 11.9 Å². The molecule has 1 aromatic heterocycles. The summed E-state index contributed by atoms with van der Waals surface area (Å²) >= 11 is 0. The second kappa shape index (κ2) is 7.37. The van der Waals surface area contributed by atoms with Crippen LogP contribution in [0.1, 0.15) is 79.2 Å². The van der Waals surface area contributed by atoms with Gasteiger partial charge in [0, 0.05) is 36.0 Å². The third kappa shape index (κ3) is 2.79. The van der Waals surface area contributed by atoms with Crippen LogP contribution in [0.15, 0.2) is 35.2 Å². The van der Waals surface area contributed by atoms with Gasteiger partial charge < -0.3 is 18.6 Å². The van der Waals surface area contributed by atoms with Crippen molar-refractivity contribution in [3.05, 3.63) is 36.3 Å². The largest absolute Gasteiger partial charge is 0.472 e. The van der Waals surface area contributed by atoms with Gasteiger partial charge in [-0.2, -0.15) is 0 Å². The van der Waals surface area contributed by atoms with Crippen LogP contribution in [-0.2, 0) is 28.6 Å². The lowest BCUT2D eigenvalue weighted by molar-refractivity contribution is -0.273. The second-order valence-electron chi connectivity index (χ2n) is 13.3. The minimum absolute atomic E-state index is 0.00227. The van der Waals surface area contributed by atoms with E-state index in [1.54, 1.807) is 12.3 Å². The molecule has 1 aromatic rings. The van der Waals surface area contributed by atoms with Gasteiger partial charge in [-0.25, -0.2) is 0 Å². The summed E-state index contributed by atoms with van der Waals surface area (Å²) < 4.78 is 24.6. The fraction of sp³-hybridized carbons (Fsp3) is 0.700. The van der Waals surface area contributed by atoms with E-state index in [2.05, 4.69) is 20.8 Å². The predicted molar refractivity (Wildman–Crippen MR) is 133 cm³/mol. The first-order valence-corrected chi connectivity index (χ1v) is 13.5. The van der Waals surface area contributed by atoms with E-state index < -0.39 is 46.0 Å². The van der Waals surface area contributed by atoms with Gasteiger partial charge in [0.05, 0.1) is 18.6 Å². The maximum Gasteiger partial charge on any atom is 0.303 e. The number of epoxide rings is 1. The van der Waals surface area contributed by atoms with Gasteiger partial charge in [0.1, 0.15) is 17.8 Å². The highest BCUT2D eigenvalue weighted by molar-refractivity contribution is 5.96. The molecule has 0 aromatic carbocycles. The number of ether oxygens (including phenoxy) is 3. The fourth-order valence-corrected chi connectivity index (χ4v) is 10.2. The van der Waals surface area contributed by atoms with Gasteiger partial charge in [0.2, 0.25) is 0 Å². The molecule has 0 N–H and O–H groups in total. The molecule has 2 heterocycles.